The van der Waals surface area contributed by atoms with Crippen LogP contribution < -0.4 is 5.73 Å². The third kappa shape index (κ3) is 1.66. The Morgan fingerprint density at radius 2 is 2.17 bits per heavy atom. The number of rotatable bonds is 1. The molecule has 3 N–H and O–H groups in total. The number of halogens is 2. The lowest BCUT2D eigenvalue weighted by molar-refractivity contribution is 0.0695. The van der Waals surface area contributed by atoms with E-state index in [4.69, 9.17) is 10.8 Å². The van der Waals surface area contributed by atoms with Gasteiger partial charge in [-0.3, -0.25) is 0 Å². The number of benzene rings is 1. The Morgan fingerprint density at radius 1 is 1.58 bits per heavy atom. The van der Waals surface area contributed by atoms with Crippen LogP contribution in [0.15, 0.2) is 12.1 Å². The summed E-state index contributed by atoms with van der Waals surface area (Å²) in [4.78, 5) is 10.5. The van der Waals surface area contributed by atoms with Crippen LogP contribution in [-0.2, 0) is 0 Å². The second-order valence-corrected chi connectivity index (χ2v) is 3.32. The zero-order chi connectivity index (χ0) is 9.30. The molecule has 0 saturated carbocycles. The average Bonchev–Trinajstić information content (AvgIpc) is 1.96. The molecule has 3 nitrogen and oxygen atoms in total. The third-order valence-corrected chi connectivity index (χ3v) is 2.21. The normalized spacial score (nSPS) is 9.83. The van der Waals surface area contributed by atoms with Crippen LogP contribution >= 0.6 is 22.6 Å². The third-order valence-electron chi connectivity index (χ3n) is 1.32. The summed E-state index contributed by atoms with van der Waals surface area (Å²) in [6, 6.07) is 2.21. The molecule has 64 valence electrons. The van der Waals surface area contributed by atoms with E-state index in [2.05, 4.69) is 0 Å². The number of nitrogens with two attached hydrogens (primary N) is 1. The van der Waals surface area contributed by atoms with E-state index in [9.17, 15) is 9.18 Å². The van der Waals surface area contributed by atoms with E-state index in [1.807, 2.05) is 0 Å². The van der Waals surface area contributed by atoms with Gasteiger partial charge in [-0.15, -0.1) is 0 Å². The van der Waals surface area contributed by atoms with Crippen molar-refractivity contribution in [3.63, 3.8) is 0 Å². The lowest BCUT2D eigenvalue weighted by Gasteiger charge is -2.01. The smallest absolute Gasteiger partial charge is 0.336 e. The summed E-state index contributed by atoms with van der Waals surface area (Å²) in [6.07, 6.45) is 0. The first kappa shape index (κ1) is 9.24. The summed E-state index contributed by atoms with van der Waals surface area (Å²) < 4.78 is 13.0. The molecule has 1 rings (SSSR count). The first-order chi connectivity index (χ1) is 5.52. The van der Waals surface area contributed by atoms with Gasteiger partial charge in [-0.25, -0.2) is 9.18 Å². The van der Waals surface area contributed by atoms with Crippen molar-refractivity contribution >= 4 is 34.2 Å². The highest BCUT2D eigenvalue weighted by Crippen LogP contribution is 2.19. The van der Waals surface area contributed by atoms with Crippen LogP contribution in [-0.4, -0.2) is 11.1 Å². The molecule has 0 heterocycles. The molecule has 0 saturated heterocycles. The fraction of sp³-hybridized carbons (Fsp3) is 0. The molecule has 0 atom stereocenters. The van der Waals surface area contributed by atoms with Crippen LogP contribution in [0.2, 0.25) is 0 Å². The lowest BCUT2D eigenvalue weighted by Crippen LogP contribution is -2.02. The fourth-order valence-corrected chi connectivity index (χ4v) is 1.39. The van der Waals surface area contributed by atoms with E-state index in [0.717, 1.165) is 12.1 Å². The minimum absolute atomic E-state index is 0.0227. The van der Waals surface area contributed by atoms with Crippen molar-refractivity contribution in [2.75, 3.05) is 5.73 Å². The number of aromatic carboxylic acids is 1. The van der Waals surface area contributed by atoms with Gasteiger partial charge in [0.15, 0.2) is 0 Å². The van der Waals surface area contributed by atoms with Gasteiger partial charge in [0.1, 0.15) is 5.82 Å². The summed E-state index contributed by atoms with van der Waals surface area (Å²) in [6.45, 7) is 0. The minimum atomic E-state index is -1.11. The number of carboxylic acid groups (broad SMARTS) is 1. The van der Waals surface area contributed by atoms with Crippen LogP contribution in [0, 0.1) is 9.39 Å². The van der Waals surface area contributed by atoms with Crippen molar-refractivity contribution < 1.29 is 14.3 Å². The maximum atomic E-state index is 12.7. The van der Waals surface area contributed by atoms with Gasteiger partial charge >= 0.3 is 5.97 Å². The number of carbonyl (C=O) groups is 1. The van der Waals surface area contributed by atoms with Gasteiger partial charge in [-0.1, -0.05) is 0 Å². The predicted molar refractivity (Wildman–Crippen MR) is 50.5 cm³/mol. The number of anilines is 1. The van der Waals surface area contributed by atoms with Gasteiger partial charge in [-0.05, 0) is 34.7 Å². The second-order valence-electron chi connectivity index (χ2n) is 2.16. The topological polar surface area (TPSA) is 63.3 Å². The van der Waals surface area contributed by atoms with Crippen LogP contribution in [0.5, 0.6) is 0 Å². The molecular formula is C7H5FINO2. The molecule has 0 radical (unpaired) electrons. The average molecular weight is 281 g/mol. The van der Waals surface area contributed by atoms with E-state index < -0.39 is 11.8 Å². The quantitative estimate of drug-likeness (QED) is 0.608. The van der Waals surface area contributed by atoms with Gasteiger partial charge in [0.05, 0.1) is 11.3 Å². The fourth-order valence-electron chi connectivity index (χ4n) is 0.730. The monoisotopic (exact) mass is 281 g/mol. The molecular weight excluding hydrogens is 276 g/mol. The highest BCUT2D eigenvalue weighted by atomic mass is 127. The van der Waals surface area contributed by atoms with Crippen molar-refractivity contribution in [2.45, 2.75) is 0 Å². The number of nitrogen functional groups attached to an aromatic ring is 1. The van der Waals surface area contributed by atoms with E-state index in [0.29, 0.717) is 3.57 Å². The van der Waals surface area contributed by atoms with E-state index in [1.165, 1.54) is 0 Å². The molecule has 0 spiro atoms. The first-order valence-electron chi connectivity index (χ1n) is 3.00. The van der Waals surface area contributed by atoms with E-state index >= 15 is 0 Å². The van der Waals surface area contributed by atoms with Crippen LogP contribution in [0.3, 0.4) is 0 Å². The van der Waals surface area contributed by atoms with E-state index in [-0.39, 0.29) is 11.3 Å². The van der Waals surface area contributed by atoms with Gasteiger partial charge in [0.25, 0.3) is 0 Å². The first-order valence-corrected chi connectivity index (χ1v) is 4.08. The molecule has 0 aliphatic carbocycles. The Kier molecular flexibility index (Phi) is 2.51. The van der Waals surface area contributed by atoms with Crippen molar-refractivity contribution in [1.29, 1.82) is 0 Å². The van der Waals surface area contributed by atoms with Crippen molar-refractivity contribution in [3.05, 3.63) is 27.1 Å². The highest BCUT2D eigenvalue weighted by Gasteiger charge is 2.11. The lowest BCUT2D eigenvalue weighted by atomic mass is 10.2. The molecule has 5 heteroatoms. The zero-order valence-electron chi connectivity index (χ0n) is 5.84. The van der Waals surface area contributed by atoms with Crippen LogP contribution in [0.1, 0.15) is 10.4 Å². The van der Waals surface area contributed by atoms with Gasteiger partial charge in [-0.2, -0.15) is 0 Å². The summed E-state index contributed by atoms with van der Waals surface area (Å²) in [5, 5.41) is 8.60. The summed E-state index contributed by atoms with van der Waals surface area (Å²) >= 11 is 1.74. The molecule has 0 amide bonds. The number of hydrogen-bond donors (Lipinski definition) is 2. The summed E-state index contributed by atoms with van der Waals surface area (Å²) in [5.74, 6) is -1.70. The van der Waals surface area contributed by atoms with Crippen molar-refractivity contribution in [3.8, 4) is 0 Å². The molecule has 0 aliphatic heterocycles. The minimum Gasteiger partial charge on any atom is -0.478 e. The Balaban J connectivity index is 3.33. The second kappa shape index (κ2) is 3.26. The van der Waals surface area contributed by atoms with Crippen molar-refractivity contribution in [1.82, 2.24) is 0 Å². The van der Waals surface area contributed by atoms with Crippen LogP contribution in [0.4, 0.5) is 10.1 Å². The molecule has 0 bridgehead atoms. The summed E-state index contributed by atoms with van der Waals surface area (Å²) in [5.41, 5.74) is 5.06. The Labute approximate surface area is 81.5 Å². The molecule has 1 aromatic carbocycles. The summed E-state index contributed by atoms with van der Waals surface area (Å²) in [7, 11) is 0. The van der Waals surface area contributed by atoms with E-state index in [1.54, 1.807) is 22.6 Å². The van der Waals surface area contributed by atoms with Crippen LogP contribution in [0.25, 0.3) is 0 Å². The molecule has 0 unspecified atom stereocenters. The Morgan fingerprint density at radius 3 is 2.67 bits per heavy atom. The highest BCUT2D eigenvalue weighted by molar-refractivity contribution is 14.1. The standard InChI is InChI=1S/C7H5FINO2/c8-4-2-5(9)3(7(11)12)1-6(4)10/h1-2H,10H2,(H,11,12). The zero-order valence-corrected chi connectivity index (χ0v) is 8.00. The maximum absolute atomic E-state index is 12.7. The maximum Gasteiger partial charge on any atom is 0.336 e. The van der Waals surface area contributed by atoms with Gasteiger partial charge in [0, 0.05) is 3.57 Å². The van der Waals surface area contributed by atoms with Gasteiger partial charge < -0.3 is 10.8 Å². The molecule has 12 heavy (non-hydrogen) atoms. The van der Waals surface area contributed by atoms with Crippen molar-refractivity contribution in [2.24, 2.45) is 0 Å². The number of hydrogen-bond acceptors (Lipinski definition) is 2. The molecule has 0 aromatic heterocycles. The SMILES string of the molecule is Nc1cc(C(=O)O)c(I)cc1F. The number of carboxylic acids is 1. The largest absolute Gasteiger partial charge is 0.478 e. The molecule has 1 aromatic rings. The van der Waals surface area contributed by atoms with Gasteiger partial charge in [0.2, 0.25) is 0 Å². The molecule has 0 aliphatic rings. The Hall–Kier alpha value is -0.850. The predicted octanol–water partition coefficient (Wildman–Crippen LogP) is 1.71. The molecule has 0 fully saturated rings. The Bertz CT molecular complexity index is 340.